The van der Waals surface area contributed by atoms with Gasteiger partial charge in [0, 0.05) is 5.92 Å². The number of ether oxygens (including phenoxy) is 1. The third-order valence-corrected chi connectivity index (χ3v) is 2.51. The van der Waals surface area contributed by atoms with E-state index in [1.807, 2.05) is 24.3 Å². The lowest BCUT2D eigenvalue weighted by Gasteiger charge is -2.09. The first kappa shape index (κ1) is 10.3. The Kier molecular flexibility index (Phi) is 3.55. The van der Waals surface area contributed by atoms with Crippen LogP contribution >= 0.6 is 15.9 Å². The quantitative estimate of drug-likeness (QED) is 0.734. The zero-order valence-corrected chi connectivity index (χ0v) is 9.17. The van der Waals surface area contributed by atoms with Gasteiger partial charge in [-0.2, -0.15) is 0 Å². The summed E-state index contributed by atoms with van der Waals surface area (Å²) in [5.74, 6) is 0.960. The van der Waals surface area contributed by atoms with Gasteiger partial charge in [0.15, 0.2) is 0 Å². The summed E-state index contributed by atoms with van der Waals surface area (Å²) in [7, 11) is 1.65. The summed E-state index contributed by atoms with van der Waals surface area (Å²) in [6.45, 7) is 7.64. The fourth-order valence-electron chi connectivity index (χ4n) is 1.05. The Morgan fingerprint density at radius 1 is 1.54 bits per heavy atom. The van der Waals surface area contributed by atoms with Gasteiger partial charge in [-0.25, -0.2) is 0 Å². The smallest absolute Gasteiger partial charge is 0.133 e. The lowest BCUT2D eigenvalue weighted by atomic mass is 10.0. The van der Waals surface area contributed by atoms with Crippen LogP contribution in [0.25, 0.3) is 0 Å². The Labute approximate surface area is 87.5 Å². The summed E-state index contributed by atoms with van der Waals surface area (Å²) in [5.41, 5.74) is 1.13. The van der Waals surface area contributed by atoms with Crippen LogP contribution in [0.15, 0.2) is 35.3 Å². The van der Waals surface area contributed by atoms with Crippen LogP contribution in [0.3, 0.4) is 0 Å². The van der Waals surface area contributed by atoms with Crippen LogP contribution < -0.4 is 4.74 Å². The van der Waals surface area contributed by atoms with Crippen molar-refractivity contribution >= 4 is 15.9 Å². The molecule has 0 amide bonds. The van der Waals surface area contributed by atoms with Crippen molar-refractivity contribution in [2.24, 2.45) is 0 Å². The summed E-state index contributed by atoms with van der Waals surface area (Å²) < 4.78 is 6.07. The molecule has 0 aliphatic heterocycles. The number of hydrogen-bond donors (Lipinski definition) is 0. The van der Waals surface area contributed by atoms with Gasteiger partial charge >= 0.3 is 0 Å². The van der Waals surface area contributed by atoms with Gasteiger partial charge in [-0.15, -0.1) is 6.58 Å². The van der Waals surface area contributed by atoms with Gasteiger partial charge in [-0.3, -0.25) is 0 Å². The highest BCUT2D eigenvalue weighted by Crippen LogP contribution is 2.28. The van der Waals surface area contributed by atoms with E-state index in [0.29, 0.717) is 0 Å². The maximum absolute atomic E-state index is 5.12. The molecule has 0 aromatic heterocycles. The van der Waals surface area contributed by atoms with E-state index in [-0.39, 0.29) is 5.92 Å². The molecular weight excluding hydrogens is 228 g/mol. The molecule has 1 atom stereocenters. The van der Waals surface area contributed by atoms with E-state index in [1.54, 1.807) is 7.11 Å². The lowest BCUT2D eigenvalue weighted by Crippen LogP contribution is -1.91. The fourth-order valence-corrected chi connectivity index (χ4v) is 1.61. The van der Waals surface area contributed by atoms with E-state index in [0.717, 1.165) is 15.8 Å². The summed E-state index contributed by atoms with van der Waals surface area (Å²) in [6, 6.07) is 5.90. The molecule has 0 aliphatic rings. The lowest BCUT2D eigenvalue weighted by molar-refractivity contribution is 0.412. The highest BCUT2D eigenvalue weighted by Gasteiger charge is 2.04. The zero-order valence-electron chi connectivity index (χ0n) is 7.59. The van der Waals surface area contributed by atoms with Crippen molar-refractivity contribution < 1.29 is 4.74 Å². The van der Waals surface area contributed by atoms with Gasteiger partial charge in [0.25, 0.3) is 0 Å². The van der Waals surface area contributed by atoms with Crippen LogP contribution in [0.5, 0.6) is 5.75 Å². The SMILES string of the molecule is [CH2]C(C=C)c1ccc(OC)c(Br)c1. The third kappa shape index (κ3) is 2.34. The second kappa shape index (κ2) is 4.47. The van der Waals surface area contributed by atoms with Gasteiger partial charge in [-0.05, 0) is 40.5 Å². The van der Waals surface area contributed by atoms with E-state index < -0.39 is 0 Å². The maximum atomic E-state index is 5.12. The molecule has 0 spiro atoms. The highest BCUT2D eigenvalue weighted by atomic mass is 79.9. The average molecular weight is 240 g/mol. The van der Waals surface area contributed by atoms with Crippen LogP contribution in [0.2, 0.25) is 0 Å². The summed E-state index contributed by atoms with van der Waals surface area (Å²) in [4.78, 5) is 0. The Hall–Kier alpha value is -0.760. The first-order valence-corrected chi connectivity index (χ1v) is 4.77. The van der Waals surface area contributed by atoms with Crippen molar-refractivity contribution in [2.45, 2.75) is 5.92 Å². The molecule has 1 rings (SSSR count). The average Bonchev–Trinajstić information content (AvgIpc) is 2.16. The minimum Gasteiger partial charge on any atom is -0.496 e. The largest absolute Gasteiger partial charge is 0.496 e. The van der Waals surface area contributed by atoms with Gasteiger partial charge in [-0.1, -0.05) is 12.1 Å². The van der Waals surface area contributed by atoms with Crippen molar-refractivity contribution in [3.05, 3.63) is 47.8 Å². The van der Waals surface area contributed by atoms with E-state index in [1.165, 1.54) is 0 Å². The standard InChI is InChI=1S/C11H12BrO/c1-4-8(2)9-5-6-11(13-3)10(12)7-9/h4-8H,1-2H2,3H3. The normalized spacial score (nSPS) is 12.2. The minimum absolute atomic E-state index is 0.127. The van der Waals surface area contributed by atoms with Crippen molar-refractivity contribution in [1.29, 1.82) is 0 Å². The summed E-state index contributed by atoms with van der Waals surface area (Å²) >= 11 is 3.42. The predicted octanol–water partition coefficient (Wildman–Crippen LogP) is 3.56. The molecule has 0 fully saturated rings. The van der Waals surface area contributed by atoms with E-state index in [2.05, 4.69) is 29.4 Å². The second-order valence-electron chi connectivity index (χ2n) is 2.74. The Morgan fingerprint density at radius 3 is 2.69 bits per heavy atom. The van der Waals surface area contributed by atoms with Crippen LogP contribution in [0, 0.1) is 6.92 Å². The number of halogens is 1. The van der Waals surface area contributed by atoms with Gasteiger partial charge in [0.05, 0.1) is 11.6 Å². The molecule has 0 saturated heterocycles. The molecule has 1 radical (unpaired) electrons. The molecular formula is C11H12BrO. The molecule has 2 heteroatoms. The van der Waals surface area contributed by atoms with Crippen LogP contribution in [-0.4, -0.2) is 7.11 Å². The number of benzene rings is 1. The first-order valence-electron chi connectivity index (χ1n) is 3.98. The molecule has 13 heavy (non-hydrogen) atoms. The summed E-state index contributed by atoms with van der Waals surface area (Å²) in [6.07, 6.45) is 1.81. The number of allylic oxidation sites excluding steroid dienone is 1. The number of hydrogen-bond acceptors (Lipinski definition) is 1. The number of methoxy groups -OCH3 is 1. The fraction of sp³-hybridized carbons (Fsp3) is 0.182. The monoisotopic (exact) mass is 239 g/mol. The maximum Gasteiger partial charge on any atom is 0.133 e. The molecule has 1 aromatic rings. The molecule has 1 nitrogen and oxygen atoms in total. The molecule has 0 saturated carbocycles. The van der Waals surface area contributed by atoms with Crippen LogP contribution in [0.4, 0.5) is 0 Å². The highest BCUT2D eigenvalue weighted by molar-refractivity contribution is 9.10. The zero-order chi connectivity index (χ0) is 9.84. The topological polar surface area (TPSA) is 9.23 Å². The van der Waals surface area contributed by atoms with Gasteiger partial charge in [0.2, 0.25) is 0 Å². The summed E-state index contributed by atoms with van der Waals surface area (Å²) in [5, 5.41) is 0. The molecule has 0 heterocycles. The molecule has 0 N–H and O–H groups in total. The predicted molar refractivity (Wildman–Crippen MR) is 59.0 cm³/mol. The van der Waals surface area contributed by atoms with Crippen molar-refractivity contribution in [2.75, 3.05) is 7.11 Å². The molecule has 1 aromatic carbocycles. The second-order valence-corrected chi connectivity index (χ2v) is 3.59. The van der Waals surface area contributed by atoms with Gasteiger partial charge in [0.1, 0.15) is 5.75 Å². The Morgan fingerprint density at radius 2 is 2.23 bits per heavy atom. The number of rotatable bonds is 3. The Balaban J connectivity index is 3.02. The molecule has 0 bridgehead atoms. The van der Waals surface area contributed by atoms with Crippen molar-refractivity contribution in [3.63, 3.8) is 0 Å². The van der Waals surface area contributed by atoms with E-state index in [4.69, 9.17) is 4.74 Å². The first-order chi connectivity index (χ1) is 6.19. The minimum atomic E-state index is 0.127. The molecule has 1 unspecified atom stereocenters. The van der Waals surface area contributed by atoms with E-state index in [9.17, 15) is 0 Å². The van der Waals surface area contributed by atoms with Crippen LogP contribution in [-0.2, 0) is 0 Å². The molecule has 69 valence electrons. The third-order valence-electron chi connectivity index (χ3n) is 1.89. The van der Waals surface area contributed by atoms with Crippen LogP contribution in [0.1, 0.15) is 11.5 Å². The van der Waals surface area contributed by atoms with Crippen molar-refractivity contribution in [1.82, 2.24) is 0 Å². The molecule has 0 aliphatic carbocycles. The van der Waals surface area contributed by atoms with E-state index >= 15 is 0 Å². The van der Waals surface area contributed by atoms with Crippen molar-refractivity contribution in [3.8, 4) is 5.75 Å². The Bertz CT molecular complexity index is 307. The van der Waals surface area contributed by atoms with Gasteiger partial charge < -0.3 is 4.74 Å².